The molecule has 7 heteroatoms. The fourth-order valence-electron chi connectivity index (χ4n) is 3.57. The summed E-state index contributed by atoms with van der Waals surface area (Å²) in [5, 5.41) is 1.59. The van der Waals surface area contributed by atoms with Crippen molar-refractivity contribution in [2.24, 2.45) is 0 Å². The standard InChI is InChI=1S/C24H23FN2O4/c1-3-9-30-21-7-5-16(13-22(21)29-2)24(28)27-8-10-31-23(15-27)20-12-18-11-19(25)6-4-17(18)14-26-20/h3-7,11-14,23H,1,8-10,15H2,2H3/t23-/m1/s1. The van der Waals surface area contributed by atoms with E-state index >= 15 is 0 Å². The van der Waals surface area contributed by atoms with Gasteiger partial charge in [-0.15, -0.1) is 0 Å². The van der Waals surface area contributed by atoms with Gasteiger partial charge in [0.15, 0.2) is 11.5 Å². The average Bonchev–Trinajstić information content (AvgIpc) is 2.81. The number of methoxy groups -OCH3 is 1. The Hall–Kier alpha value is -3.45. The van der Waals surface area contributed by atoms with Gasteiger partial charge in [0.1, 0.15) is 18.5 Å². The van der Waals surface area contributed by atoms with E-state index in [1.807, 2.05) is 6.07 Å². The molecule has 0 bridgehead atoms. The van der Waals surface area contributed by atoms with Crippen molar-refractivity contribution in [3.8, 4) is 11.5 Å². The van der Waals surface area contributed by atoms with E-state index < -0.39 is 0 Å². The predicted octanol–water partition coefficient (Wildman–Crippen LogP) is 4.16. The second-order valence-corrected chi connectivity index (χ2v) is 7.18. The van der Waals surface area contributed by atoms with E-state index in [0.29, 0.717) is 49.1 Å². The molecule has 1 aromatic heterocycles. The molecule has 1 amide bonds. The monoisotopic (exact) mass is 422 g/mol. The fraction of sp³-hybridized carbons (Fsp3) is 0.250. The highest BCUT2D eigenvalue weighted by Crippen LogP contribution is 2.30. The minimum absolute atomic E-state index is 0.131. The number of benzene rings is 2. The SMILES string of the molecule is C=CCOc1ccc(C(=O)N2CCO[C@@H](c3cc4cc(F)ccc4cn3)C2)cc1OC. The number of ether oxygens (including phenoxy) is 3. The molecule has 1 saturated heterocycles. The third-order valence-electron chi connectivity index (χ3n) is 5.16. The minimum atomic E-state index is -0.387. The molecule has 1 fully saturated rings. The molecule has 3 aromatic rings. The number of amides is 1. The molecule has 0 N–H and O–H groups in total. The lowest BCUT2D eigenvalue weighted by Crippen LogP contribution is -2.42. The summed E-state index contributed by atoms with van der Waals surface area (Å²) in [6, 6.07) is 11.5. The third kappa shape index (κ3) is 4.51. The summed E-state index contributed by atoms with van der Waals surface area (Å²) in [4.78, 5) is 19.3. The maximum atomic E-state index is 13.6. The highest BCUT2D eigenvalue weighted by atomic mass is 19.1. The van der Waals surface area contributed by atoms with Gasteiger partial charge in [-0.3, -0.25) is 9.78 Å². The maximum absolute atomic E-state index is 13.6. The zero-order valence-corrected chi connectivity index (χ0v) is 17.2. The van der Waals surface area contributed by atoms with Crippen molar-refractivity contribution in [2.45, 2.75) is 6.10 Å². The van der Waals surface area contributed by atoms with Gasteiger partial charge >= 0.3 is 0 Å². The molecular formula is C24H23FN2O4. The Bertz CT molecular complexity index is 1120. The van der Waals surface area contributed by atoms with Gasteiger partial charge in [0.05, 0.1) is 26.0 Å². The van der Waals surface area contributed by atoms with Crippen LogP contribution in [-0.4, -0.2) is 49.2 Å². The first kappa shape index (κ1) is 20.8. The van der Waals surface area contributed by atoms with Crippen molar-refractivity contribution < 1.29 is 23.4 Å². The number of nitrogens with zero attached hydrogens (tertiary/aromatic N) is 2. The predicted molar refractivity (Wildman–Crippen MR) is 115 cm³/mol. The van der Waals surface area contributed by atoms with Gasteiger partial charge < -0.3 is 19.1 Å². The van der Waals surface area contributed by atoms with E-state index in [-0.39, 0.29) is 17.8 Å². The Labute approximate surface area is 179 Å². The van der Waals surface area contributed by atoms with Gasteiger partial charge in [0.2, 0.25) is 0 Å². The van der Waals surface area contributed by atoms with Gasteiger partial charge in [-0.2, -0.15) is 0 Å². The minimum Gasteiger partial charge on any atom is -0.493 e. The van der Waals surface area contributed by atoms with E-state index in [1.165, 1.54) is 19.2 Å². The summed E-state index contributed by atoms with van der Waals surface area (Å²) in [7, 11) is 1.53. The van der Waals surface area contributed by atoms with Crippen LogP contribution in [0.4, 0.5) is 4.39 Å². The van der Waals surface area contributed by atoms with Gasteiger partial charge in [-0.1, -0.05) is 12.7 Å². The van der Waals surface area contributed by atoms with Crippen LogP contribution in [-0.2, 0) is 4.74 Å². The Morgan fingerprint density at radius 2 is 2.13 bits per heavy atom. The Morgan fingerprint density at radius 3 is 2.94 bits per heavy atom. The first-order valence-electron chi connectivity index (χ1n) is 9.97. The summed E-state index contributed by atoms with van der Waals surface area (Å²) >= 11 is 0. The first-order valence-corrected chi connectivity index (χ1v) is 9.97. The molecule has 0 saturated carbocycles. The smallest absolute Gasteiger partial charge is 0.254 e. The van der Waals surface area contributed by atoms with Crippen LogP contribution in [0.3, 0.4) is 0 Å². The molecule has 31 heavy (non-hydrogen) atoms. The number of rotatable bonds is 6. The molecule has 2 heterocycles. The molecular weight excluding hydrogens is 399 g/mol. The van der Waals surface area contributed by atoms with Crippen molar-refractivity contribution in [2.75, 3.05) is 33.4 Å². The van der Waals surface area contributed by atoms with E-state index in [0.717, 1.165) is 10.8 Å². The van der Waals surface area contributed by atoms with Crippen molar-refractivity contribution in [1.29, 1.82) is 0 Å². The highest BCUT2D eigenvalue weighted by Gasteiger charge is 2.27. The lowest BCUT2D eigenvalue weighted by molar-refractivity contribution is -0.0246. The largest absolute Gasteiger partial charge is 0.493 e. The van der Waals surface area contributed by atoms with Gasteiger partial charge in [-0.05, 0) is 47.9 Å². The summed E-state index contributed by atoms with van der Waals surface area (Å²) in [5.41, 5.74) is 1.17. The van der Waals surface area contributed by atoms with E-state index in [1.54, 1.807) is 41.4 Å². The number of hydrogen-bond donors (Lipinski definition) is 0. The second kappa shape index (κ2) is 9.14. The summed E-state index contributed by atoms with van der Waals surface area (Å²) in [6.45, 7) is 5.18. The van der Waals surface area contributed by atoms with Crippen molar-refractivity contribution >= 4 is 16.7 Å². The Kier molecular flexibility index (Phi) is 6.13. The van der Waals surface area contributed by atoms with Gasteiger partial charge in [0.25, 0.3) is 5.91 Å². The van der Waals surface area contributed by atoms with Crippen LogP contribution >= 0.6 is 0 Å². The van der Waals surface area contributed by atoms with Gasteiger partial charge in [-0.25, -0.2) is 4.39 Å². The third-order valence-corrected chi connectivity index (χ3v) is 5.16. The van der Waals surface area contributed by atoms with Crippen LogP contribution in [0.2, 0.25) is 0 Å². The van der Waals surface area contributed by atoms with Crippen LogP contribution < -0.4 is 9.47 Å². The van der Waals surface area contributed by atoms with E-state index in [9.17, 15) is 9.18 Å². The highest BCUT2D eigenvalue weighted by molar-refractivity contribution is 5.95. The fourth-order valence-corrected chi connectivity index (χ4v) is 3.57. The lowest BCUT2D eigenvalue weighted by Gasteiger charge is -2.33. The first-order chi connectivity index (χ1) is 15.1. The quantitative estimate of drug-likeness (QED) is 0.558. The summed E-state index contributed by atoms with van der Waals surface area (Å²) in [5.74, 6) is 0.594. The van der Waals surface area contributed by atoms with Crippen molar-refractivity contribution in [3.05, 3.63) is 78.4 Å². The summed E-state index contributed by atoms with van der Waals surface area (Å²) < 4.78 is 30.4. The van der Waals surface area contributed by atoms with Crippen molar-refractivity contribution in [3.63, 3.8) is 0 Å². The molecule has 1 atom stereocenters. The Morgan fingerprint density at radius 1 is 1.26 bits per heavy atom. The average molecular weight is 422 g/mol. The molecule has 6 nitrogen and oxygen atoms in total. The normalized spacial score (nSPS) is 16.2. The molecule has 0 unspecified atom stereocenters. The lowest BCUT2D eigenvalue weighted by atomic mass is 10.1. The molecule has 0 spiro atoms. The number of aromatic nitrogens is 1. The van der Waals surface area contributed by atoms with E-state index in [2.05, 4.69) is 11.6 Å². The van der Waals surface area contributed by atoms with Crippen LogP contribution in [0.15, 0.2) is 61.3 Å². The molecule has 1 aliphatic rings. The van der Waals surface area contributed by atoms with Crippen LogP contribution in [0.5, 0.6) is 11.5 Å². The molecule has 0 aliphatic carbocycles. The molecule has 0 radical (unpaired) electrons. The van der Waals surface area contributed by atoms with Gasteiger partial charge in [0, 0.05) is 23.7 Å². The molecule has 4 rings (SSSR count). The van der Waals surface area contributed by atoms with Crippen LogP contribution in [0, 0.1) is 5.82 Å². The molecule has 1 aliphatic heterocycles. The number of carbonyl (C=O) groups is 1. The number of carbonyl (C=O) groups excluding carboxylic acids is 1. The zero-order valence-electron chi connectivity index (χ0n) is 17.2. The van der Waals surface area contributed by atoms with Crippen LogP contribution in [0.1, 0.15) is 22.2 Å². The van der Waals surface area contributed by atoms with E-state index in [4.69, 9.17) is 14.2 Å². The zero-order chi connectivity index (χ0) is 21.8. The number of fused-ring (bicyclic) bond motifs is 1. The molecule has 160 valence electrons. The number of halogens is 1. The number of hydrogen-bond acceptors (Lipinski definition) is 5. The number of morpholine rings is 1. The summed E-state index contributed by atoms with van der Waals surface area (Å²) in [6.07, 6.45) is 2.95. The van der Waals surface area contributed by atoms with Crippen molar-refractivity contribution in [1.82, 2.24) is 9.88 Å². The van der Waals surface area contributed by atoms with Crippen LogP contribution in [0.25, 0.3) is 10.8 Å². The Balaban J connectivity index is 1.53. The second-order valence-electron chi connectivity index (χ2n) is 7.18. The number of pyridine rings is 1. The molecule has 2 aromatic carbocycles. The maximum Gasteiger partial charge on any atom is 0.254 e. The topological polar surface area (TPSA) is 60.9 Å².